The number of ether oxygens (including phenoxy) is 2. The second-order valence-corrected chi connectivity index (χ2v) is 13.2. The number of piperidine rings is 1. The van der Waals surface area contributed by atoms with E-state index in [1.165, 1.54) is 12.1 Å². The van der Waals surface area contributed by atoms with Crippen molar-refractivity contribution in [3.05, 3.63) is 65.7 Å². The van der Waals surface area contributed by atoms with Crippen LogP contribution < -0.4 is 15.8 Å². The first-order chi connectivity index (χ1) is 23.2. The molecule has 0 radical (unpaired) electrons. The Morgan fingerprint density at radius 2 is 1.83 bits per heavy atom. The Bertz CT molecular complexity index is 2140. The lowest BCUT2D eigenvalue weighted by atomic mass is 10.0. The molecule has 12 heteroatoms. The Labute approximate surface area is 275 Å². The van der Waals surface area contributed by atoms with Gasteiger partial charge in [-0.15, -0.1) is 0 Å². The van der Waals surface area contributed by atoms with E-state index in [2.05, 4.69) is 20.7 Å². The number of nitrogens with zero attached hydrogens (tertiary/aromatic N) is 4. The summed E-state index contributed by atoms with van der Waals surface area (Å²) in [5.74, 6) is -0.198. The number of aromatic nitrogens is 3. The van der Waals surface area contributed by atoms with Crippen molar-refractivity contribution in [3.8, 4) is 28.4 Å². The summed E-state index contributed by atoms with van der Waals surface area (Å²) in [4.78, 5) is 32.3. The van der Waals surface area contributed by atoms with E-state index in [4.69, 9.17) is 15.5 Å². The van der Waals surface area contributed by atoms with Gasteiger partial charge in [0.15, 0.2) is 17.5 Å². The summed E-state index contributed by atoms with van der Waals surface area (Å²) in [6.45, 7) is 1.41. The summed E-state index contributed by atoms with van der Waals surface area (Å²) < 4.78 is 44.8. The van der Waals surface area contributed by atoms with Crippen LogP contribution in [0.1, 0.15) is 36.0 Å². The summed E-state index contributed by atoms with van der Waals surface area (Å²) in [7, 11) is 4.67. The summed E-state index contributed by atoms with van der Waals surface area (Å²) in [6, 6.07) is 14.0. The van der Waals surface area contributed by atoms with Gasteiger partial charge in [-0.2, -0.15) is 0 Å². The molecule has 3 N–H and O–H groups in total. The van der Waals surface area contributed by atoms with Crippen LogP contribution in [0.15, 0.2) is 48.5 Å². The fourth-order valence-corrected chi connectivity index (χ4v) is 7.66. The molecule has 5 aromatic rings. The lowest BCUT2D eigenvalue weighted by Gasteiger charge is -2.27. The SMILES string of the molecule is COC(=O)Nc1ccc(-c2ccc3cc(-c4nc5cc(C(=O)N6CC7CCC6[C@@H]7N)cc(OC)c5n4C)n(CC4CC4)c3c2)c(F)c1F. The maximum atomic E-state index is 15.4. The Kier molecular flexibility index (Phi) is 7.17. The van der Waals surface area contributed by atoms with Gasteiger partial charge in [-0.1, -0.05) is 12.1 Å². The summed E-state index contributed by atoms with van der Waals surface area (Å²) in [6.07, 6.45) is 3.31. The number of imidazole rings is 1. The van der Waals surface area contributed by atoms with Crippen molar-refractivity contribution >= 4 is 39.6 Å². The van der Waals surface area contributed by atoms with Gasteiger partial charge < -0.3 is 29.2 Å². The first-order valence-corrected chi connectivity index (χ1v) is 16.2. The predicted molar refractivity (Wildman–Crippen MR) is 178 cm³/mol. The number of hydrogen-bond donors (Lipinski definition) is 2. The quantitative estimate of drug-likeness (QED) is 0.213. The summed E-state index contributed by atoms with van der Waals surface area (Å²) in [5.41, 5.74) is 10.3. The average Bonchev–Trinajstić information content (AvgIpc) is 3.50. The van der Waals surface area contributed by atoms with Gasteiger partial charge in [0.25, 0.3) is 5.91 Å². The van der Waals surface area contributed by atoms with Crippen molar-refractivity contribution in [1.82, 2.24) is 19.0 Å². The molecule has 2 saturated carbocycles. The van der Waals surface area contributed by atoms with Gasteiger partial charge in [0, 0.05) is 54.3 Å². The molecule has 248 valence electrons. The molecule has 1 aliphatic heterocycles. The monoisotopic (exact) mass is 654 g/mol. The highest BCUT2D eigenvalue weighted by Crippen LogP contribution is 2.41. The van der Waals surface area contributed by atoms with E-state index in [1.54, 1.807) is 19.2 Å². The van der Waals surface area contributed by atoms with E-state index >= 15 is 4.39 Å². The number of hydrogen-bond acceptors (Lipinski definition) is 6. The molecule has 3 aliphatic rings. The molecule has 3 atom stereocenters. The third-order valence-corrected chi connectivity index (χ3v) is 10.4. The number of likely N-dealkylation sites (tertiary alicyclic amines) is 1. The number of aryl methyl sites for hydroxylation is 1. The molecule has 0 spiro atoms. The van der Waals surface area contributed by atoms with E-state index in [0.717, 1.165) is 61.5 Å². The second kappa shape index (κ2) is 11.3. The molecule has 2 bridgehead atoms. The van der Waals surface area contributed by atoms with E-state index in [9.17, 15) is 14.0 Å². The third kappa shape index (κ3) is 4.80. The minimum atomic E-state index is -1.17. The van der Waals surface area contributed by atoms with Gasteiger partial charge >= 0.3 is 6.09 Å². The van der Waals surface area contributed by atoms with E-state index in [1.807, 2.05) is 34.7 Å². The molecular formula is C36H36F2N6O4. The number of benzene rings is 3. The Morgan fingerprint density at radius 1 is 1.02 bits per heavy atom. The number of carbonyl (C=O) groups is 2. The first kappa shape index (κ1) is 30.4. The van der Waals surface area contributed by atoms with Crippen molar-refractivity contribution < 1.29 is 27.8 Å². The summed E-state index contributed by atoms with van der Waals surface area (Å²) in [5, 5.41) is 3.13. The van der Waals surface area contributed by atoms with Crippen molar-refractivity contribution in [3.63, 3.8) is 0 Å². The van der Waals surface area contributed by atoms with Crippen molar-refractivity contribution in [2.24, 2.45) is 24.6 Å². The number of carbonyl (C=O) groups excluding carboxylic acids is 2. The first-order valence-electron chi connectivity index (χ1n) is 16.2. The van der Waals surface area contributed by atoms with Crippen LogP contribution >= 0.6 is 0 Å². The predicted octanol–water partition coefficient (Wildman–Crippen LogP) is 6.30. The van der Waals surface area contributed by atoms with Crippen LogP contribution in [0.4, 0.5) is 19.3 Å². The van der Waals surface area contributed by atoms with Gasteiger partial charge in [-0.05, 0) is 79.5 Å². The van der Waals surface area contributed by atoms with Crippen molar-refractivity contribution in [1.29, 1.82) is 0 Å². The molecule has 3 aromatic carbocycles. The molecule has 10 nitrogen and oxygen atoms in total. The lowest BCUT2D eigenvalue weighted by Crippen LogP contribution is -2.41. The highest BCUT2D eigenvalue weighted by molar-refractivity contribution is 6.01. The number of fused-ring (bicyclic) bond motifs is 4. The molecule has 1 saturated heterocycles. The molecule has 2 amide bonds. The van der Waals surface area contributed by atoms with Crippen LogP contribution in [0.2, 0.25) is 0 Å². The lowest BCUT2D eigenvalue weighted by molar-refractivity contribution is 0.0700. The fraction of sp³-hybridized carbons (Fsp3) is 0.361. The van der Waals surface area contributed by atoms with Crippen molar-refractivity contribution in [2.45, 2.75) is 44.3 Å². The Hall–Kier alpha value is -4.97. The van der Waals surface area contributed by atoms with Crippen LogP contribution in [0.5, 0.6) is 5.75 Å². The molecule has 3 fully saturated rings. The van der Waals surface area contributed by atoms with Crippen LogP contribution in [0, 0.1) is 23.5 Å². The Morgan fingerprint density at radius 3 is 2.52 bits per heavy atom. The van der Waals surface area contributed by atoms with Gasteiger partial charge in [0.2, 0.25) is 0 Å². The van der Waals surface area contributed by atoms with Crippen molar-refractivity contribution in [2.75, 3.05) is 26.1 Å². The number of anilines is 1. The zero-order valence-corrected chi connectivity index (χ0v) is 26.9. The topological polar surface area (TPSA) is 117 Å². The number of methoxy groups -OCH3 is 2. The van der Waals surface area contributed by atoms with Crippen LogP contribution in [0.25, 0.3) is 44.6 Å². The van der Waals surface area contributed by atoms with E-state index in [0.29, 0.717) is 46.6 Å². The fourth-order valence-electron chi connectivity index (χ4n) is 7.66. The molecule has 48 heavy (non-hydrogen) atoms. The molecular weight excluding hydrogens is 618 g/mol. The molecule has 2 aromatic heterocycles. The Balaban J connectivity index is 1.21. The smallest absolute Gasteiger partial charge is 0.411 e. The molecule has 3 heterocycles. The maximum Gasteiger partial charge on any atom is 0.411 e. The number of nitrogens with two attached hydrogens (primary N) is 1. The molecule has 8 rings (SSSR count). The zero-order chi connectivity index (χ0) is 33.4. The van der Waals surface area contributed by atoms with Gasteiger partial charge in [0.05, 0.1) is 31.1 Å². The minimum Gasteiger partial charge on any atom is -0.494 e. The maximum absolute atomic E-state index is 15.4. The van der Waals surface area contributed by atoms with Crippen LogP contribution in [-0.2, 0) is 18.3 Å². The molecule has 2 unspecified atom stereocenters. The van der Waals surface area contributed by atoms with Crippen LogP contribution in [-0.4, -0.2) is 63.9 Å². The third-order valence-electron chi connectivity index (χ3n) is 10.4. The van der Waals surface area contributed by atoms with Crippen LogP contribution in [0.3, 0.4) is 0 Å². The van der Waals surface area contributed by atoms with E-state index in [-0.39, 0.29) is 29.2 Å². The van der Waals surface area contributed by atoms with Gasteiger partial charge in [0.1, 0.15) is 11.3 Å². The second-order valence-electron chi connectivity index (χ2n) is 13.2. The zero-order valence-electron chi connectivity index (χ0n) is 26.9. The summed E-state index contributed by atoms with van der Waals surface area (Å²) >= 11 is 0. The van der Waals surface area contributed by atoms with E-state index < -0.39 is 17.7 Å². The standard InChI is InChI=1S/C36H36F2N6O4/c1-42-33-25(12-22(15-29(33)47-2)35(45)44-17-21-8-11-26(44)32(21)39)40-34(42)28-14-20-7-6-19(13-27(20)43(28)16-18-4-5-18)23-9-10-24(31(38)30(23)37)41-36(46)48-3/h6-7,9-10,12-15,18,21,26,32H,4-5,8,11,16-17,39H2,1-3H3,(H,41,46)/t21?,26?,32-/m1/s1. The van der Waals surface area contributed by atoms with Gasteiger partial charge in [-0.3, -0.25) is 10.1 Å². The molecule has 2 aliphatic carbocycles. The average molecular weight is 655 g/mol. The number of amides is 2. The van der Waals surface area contributed by atoms with Gasteiger partial charge in [-0.25, -0.2) is 18.6 Å². The normalized spacial score (nSPS) is 20.2. The highest BCUT2D eigenvalue weighted by atomic mass is 19.2. The number of halogens is 2. The number of rotatable bonds is 7. The highest BCUT2D eigenvalue weighted by Gasteiger charge is 2.47. The number of nitrogens with one attached hydrogen (secondary N) is 1. The minimum absolute atomic E-state index is 0.0217. The largest absolute Gasteiger partial charge is 0.494 e.